The topological polar surface area (TPSA) is 102 Å². The molecule has 0 atom stereocenters. The second-order valence-corrected chi connectivity index (χ2v) is 4.86. The minimum absolute atomic E-state index is 0.00740. The Balaban J connectivity index is 2.99. The fourth-order valence-electron chi connectivity index (χ4n) is 1.55. The molecule has 9 nitrogen and oxygen atoms in total. The van der Waals surface area contributed by atoms with Crippen LogP contribution in [0.4, 0.5) is 0 Å². The van der Waals surface area contributed by atoms with Gasteiger partial charge in [0.1, 0.15) is 6.61 Å². The van der Waals surface area contributed by atoms with Gasteiger partial charge >= 0.3 is 5.97 Å². The molecule has 0 rings (SSSR count). The number of carbonyl (C=O) groups is 1. The first-order chi connectivity index (χ1) is 12.8. The SMILES string of the molecule is C=COCCOCCOCCOCCOCCOCCOCCC(=O)O. The molecule has 0 fully saturated rings. The van der Waals surface area contributed by atoms with Crippen molar-refractivity contribution in [2.24, 2.45) is 0 Å². The van der Waals surface area contributed by atoms with Crippen molar-refractivity contribution in [2.45, 2.75) is 6.42 Å². The second kappa shape index (κ2) is 21.8. The highest BCUT2D eigenvalue weighted by molar-refractivity contribution is 5.66. The number of carboxylic acids is 1. The van der Waals surface area contributed by atoms with Crippen LogP contribution in [0.15, 0.2) is 12.8 Å². The number of rotatable bonds is 22. The molecule has 0 radical (unpaired) electrons. The highest BCUT2D eigenvalue weighted by Gasteiger charge is 1.96. The predicted octanol–water partition coefficient (Wildman–Crippen LogP) is 0.721. The molecule has 0 aromatic carbocycles. The molecule has 1 N–H and O–H groups in total. The summed E-state index contributed by atoms with van der Waals surface area (Å²) in [5.41, 5.74) is 0. The van der Waals surface area contributed by atoms with Gasteiger partial charge in [-0.05, 0) is 0 Å². The van der Waals surface area contributed by atoms with Crippen LogP contribution >= 0.6 is 0 Å². The zero-order chi connectivity index (χ0) is 19.1. The molecule has 0 aliphatic rings. The number of hydrogen-bond acceptors (Lipinski definition) is 8. The Morgan fingerprint density at radius 1 is 0.615 bits per heavy atom. The van der Waals surface area contributed by atoms with E-state index in [-0.39, 0.29) is 13.0 Å². The summed E-state index contributed by atoms with van der Waals surface area (Å²) in [5, 5.41) is 8.42. The van der Waals surface area contributed by atoms with Crippen LogP contribution in [0.5, 0.6) is 0 Å². The van der Waals surface area contributed by atoms with Gasteiger partial charge in [0.2, 0.25) is 0 Å². The monoisotopic (exact) mass is 380 g/mol. The smallest absolute Gasteiger partial charge is 0.305 e. The van der Waals surface area contributed by atoms with Crippen molar-refractivity contribution in [2.75, 3.05) is 85.9 Å². The van der Waals surface area contributed by atoms with E-state index < -0.39 is 5.97 Å². The van der Waals surface area contributed by atoms with Gasteiger partial charge in [0, 0.05) is 0 Å². The van der Waals surface area contributed by atoms with Crippen LogP contribution in [0.1, 0.15) is 6.42 Å². The lowest BCUT2D eigenvalue weighted by Crippen LogP contribution is -2.14. The van der Waals surface area contributed by atoms with Crippen molar-refractivity contribution in [3.05, 3.63) is 12.8 Å². The average molecular weight is 380 g/mol. The summed E-state index contributed by atoms with van der Waals surface area (Å²) >= 11 is 0. The van der Waals surface area contributed by atoms with Crippen LogP contribution in [0, 0.1) is 0 Å². The first-order valence-corrected chi connectivity index (χ1v) is 8.68. The van der Waals surface area contributed by atoms with Gasteiger partial charge in [-0.3, -0.25) is 4.79 Å². The Bertz CT molecular complexity index is 313. The second-order valence-electron chi connectivity index (χ2n) is 4.86. The predicted molar refractivity (Wildman–Crippen MR) is 93.3 cm³/mol. The molecule has 0 heterocycles. The van der Waals surface area contributed by atoms with E-state index in [2.05, 4.69) is 6.58 Å². The summed E-state index contributed by atoms with van der Waals surface area (Å²) in [6, 6.07) is 0. The first kappa shape index (κ1) is 24.8. The number of aliphatic carboxylic acids is 1. The third-order valence-electron chi connectivity index (χ3n) is 2.78. The highest BCUT2D eigenvalue weighted by Crippen LogP contribution is 1.86. The van der Waals surface area contributed by atoms with Crippen LogP contribution < -0.4 is 0 Å². The van der Waals surface area contributed by atoms with E-state index >= 15 is 0 Å². The lowest BCUT2D eigenvalue weighted by atomic mass is 10.5. The standard InChI is InChI=1S/C17H32O9/c1-2-20-5-6-22-9-10-24-13-14-26-16-15-25-12-11-23-8-7-21-4-3-17(18)19/h2H,1,3-16H2,(H,18,19). The van der Waals surface area contributed by atoms with Crippen LogP contribution in [-0.4, -0.2) is 97.0 Å². The van der Waals surface area contributed by atoms with Crippen molar-refractivity contribution in [3.63, 3.8) is 0 Å². The first-order valence-electron chi connectivity index (χ1n) is 8.68. The minimum Gasteiger partial charge on any atom is -0.499 e. The van der Waals surface area contributed by atoms with Crippen LogP contribution in [0.25, 0.3) is 0 Å². The number of hydrogen-bond donors (Lipinski definition) is 1. The third-order valence-corrected chi connectivity index (χ3v) is 2.78. The van der Waals surface area contributed by atoms with E-state index in [1.165, 1.54) is 6.26 Å². The molecule has 26 heavy (non-hydrogen) atoms. The normalized spacial score (nSPS) is 10.8. The van der Waals surface area contributed by atoms with Crippen molar-refractivity contribution >= 4 is 5.97 Å². The Kier molecular flexibility index (Phi) is 20.8. The molecule has 0 saturated heterocycles. The Morgan fingerprint density at radius 3 is 1.23 bits per heavy atom. The largest absolute Gasteiger partial charge is 0.499 e. The summed E-state index contributed by atoms with van der Waals surface area (Å²) in [4.78, 5) is 10.2. The van der Waals surface area contributed by atoms with Crippen LogP contribution in [0.2, 0.25) is 0 Å². The molecule has 0 aliphatic heterocycles. The van der Waals surface area contributed by atoms with Gasteiger partial charge in [0.25, 0.3) is 0 Å². The number of carboxylic acid groups (broad SMARTS) is 1. The zero-order valence-electron chi connectivity index (χ0n) is 15.4. The fourth-order valence-corrected chi connectivity index (χ4v) is 1.55. The minimum atomic E-state index is -0.868. The molecule has 0 bridgehead atoms. The molecule has 0 aromatic rings. The zero-order valence-corrected chi connectivity index (χ0v) is 15.4. The Hall–Kier alpha value is -1.23. The fraction of sp³-hybridized carbons (Fsp3) is 0.824. The number of ether oxygens (including phenoxy) is 7. The molecular formula is C17H32O9. The van der Waals surface area contributed by atoms with Gasteiger partial charge in [-0.25, -0.2) is 0 Å². The summed E-state index contributed by atoms with van der Waals surface area (Å²) < 4.78 is 36.5. The summed E-state index contributed by atoms with van der Waals surface area (Å²) in [5.74, 6) is -0.868. The quantitative estimate of drug-likeness (QED) is 0.215. The van der Waals surface area contributed by atoms with Gasteiger partial charge in [-0.15, -0.1) is 0 Å². The lowest BCUT2D eigenvalue weighted by Gasteiger charge is -2.08. The summed E-state index contributed by atoms with van der Waals surface area (Å²) in [6.07, 6.45) is 1.39. The molecule has 0 aliphatic carbocycles. The summed E-state index contributed by atoms with van der Waals surface area (Å²) in [6.45, 7) is 9.43. The van der Waals surface area contributed by atoms with Crippen LogP contribution in [0.3, 0.4) is 0 Å². The Morgan fingerprint density at radius 2 is 0.923 bits per heavy atom. The van der Waals surface area contributed by atoms with E-state index in [0.29, 0.717) is 79.3 Å². The van der Waals surface area contributed by atoms with E-state index in [4.69, 9.17) is 38.3 Å². The molecule has 0 aromatic heterocycles. The molecule has 154 valence electrons. The maximum Gasteiger partial charge on any atom is 0.305 e. The van der Waals surface area contributed by atoms with E-state index in [9.17, 15) is 4.79 Å². The molecule has 9 heteroatoms. The van der Waals surface area contributed by atoms with Gasteiger partial charge in [0.15, 0.2) is 0 Å². The van der Waals surface area contributed by atoms with Crippen molar-refractivity contribution in [3.8, 4) is 0 Å². The molecular weight excluding hydrogens is 348 g/mol. The lowest BCUT2D eigenvalue weighted by molar-refractivity contribution is -0.138. The van der Waals surface area contributed by atoms with E-state index in [1.807, 2.05) is 0 Å². The molecule has 0 spiro atoms. The average Bonchev–Trinajstić information content (AvgIpc) is 2.62. The maximum atomic E-state index is 10.2. The van der Waals surface area contributed by atoms with Gasteiger partial charge in [-0.1, -0.05) is 6.58 Å². The maximum absolute atomic E-state index is 10.2. The van der Waals surface area contributed by atoms with Crippen molar-refractivity contribution < 1.29 is 43.1 Å². The van der Waals surface area contributed by atoms with Crippen LogP contribution in [-0.2, 0) is 38.0 Å². The van der Waals surface area contributed by atoms with Crippen molar-refractivity contribution in [1.29, 1.82) is 0 Å². The third kappa shape index (κ3) is 22.8. The molecule has 0 amide bonds. The molecule has 0 saturated carbocycles. The molecule has 0 unspecified atom stereocenters. The highest BCUT2D eigenvalue weighted by atomic mass is 16.6. The van der Waals surface area contributed by atoms with Gasteiger partial charge < -0.3 is 38.3 Å². The van der Waals surface area contributed by atoms with Crippen molar-refractivity contribution in [1.82, 2.24) is 0 Å². The Labute approximate surface area is 155 Å². The van der Waals surface area contributed by atoms with Gasteiger partial charge in [0.05, 0.1) is 92.0 Å². The summed E-state index contributed by atoms with van der Waals surface area (Å²) in [7, 11) is 0. The van der Waals surface area contributed by atoms with E-state index in [0.717, 1.165) is 0 Å². The van der Waals surface area contributed by atoms with Gasteiger partial charge in [-0.2, -0.15) is 0 Å². The van der Waals surface area contributed by atoms with E-state index in [1.54, 1.807) is 0 Å².